The molecule has 0 radical (unpaired) electrons. The van der Waals surface area contributed by atoms with Crippen molar-refractivity contribution < 1.29 is 4.79 Å². The fourth-order valence-electron chi connectivity index (χ4n) is 2.26. The third kappa shape index (κ3) is 6.02. The predicted molar refractivity (Wildman–Crippen MR) is 113 cm³/mol. The molecule has 4 nitrogen and oxygen atoms in total. The minimum absolute atomic E-state index is 0.219. The van der Waals surface area contributed by atoms with Crippen molar-refractivity contribution in [2.24, 2.45) is 0 Å². The van der Waals surface area contributed by atoms with Crippen molar-refractivity contribution in [3.63, 3.8) is 0 Å². The maximum atomic E-state index is 12.5. The number of carbonyl (C=O) groups excluding carboxylic acids is 1. The molecule has 138 valence electrons. The maximum Gasteiger partial charge on any atom is 0.253 e. The lowest BCUT2D eigenvalue weighted by atomic mass is 10.1. The van der Waals surface area contributed by atoms with E-state index < -0.39 is 9.96 Å². The fraction of sp³-hybridized carbons (Fsp3) is 0.222. The third-order valence-corrected chi connectivity index (χ3v) is 4.42. The summed E-state index contributed by atoms with van der Waals surface area (Å²) in [6, 6.07) is 14.8. The van der Waals surface area contributed by atoms with E-state index in [9.17, 15) is 4.79 Å². The van der Waals surface area contributed by atoms with Crippen LogP contribution in [-0.4, -0.2) is 21.0 Å². The van der Waals surface area contributed by atoms with Crippen LogP contribution in [0, 0.1) is 13.8 Å². The molecule has 3 N–H and O–H groups in total. The Kier molecular flexibility index (Phi) is 7.12. The number of halogens is 3. The van der Waals surface area contributed by atoms with Gasteiger partial charge in [-0.25, -0.2) is 0 Å². The summed E-state index contributed by atoms with van der Waals surface area (Å²) in [4.78, 5) is 12.5. The Bertz CT molecular complexity index is 808. The number of alkyl halides is 3. The largest absolute Gasteiger partial charge is 0.339 e. The Labute approximate surface area is 173 Å². The van der Waals surface area contributed by atoms with Crippen LogP contribution in [0.25, 0.3) is 0 Å². The van der Waals surface area contributed by atoms with Crippen LogP contribution in [0.1, 0.15) is 21.5 Å². The molecule has 26 heavy (non-hydrogen) atoms. The Balaban J connectivity index is 2.09. The normalized spacial score (nSPS) is 12.2. The molecule has 0 saturated carbocycles. The Morgan fingerprint density at radius 2 is 1.73 bits per heavy atom. The number of hydrogen-bond acceptors (Lipinski definition) is 2. The van der Waals surface area contributed by atoms with E-state index in [1.54, 1.807) is 12.1 Å². The number of rotatable bonds is 4. The molecule has 0 fully saturated rings. The van der Waals surface area contributed by atoms with Gasteiger partial charge in [-0.15, -0.1) is 0 Å². The van der Waals surface area contributed by atoms with Crippen molar-refractivity contribution in [3.05, 3.63) is 65.2 Å². The summed E-state index contributed by atoms with van der Waals surface area (Å²) in [6.07, 6.45) is -1.02. The van der Waals surface area contributed by atoms with Gasteiger partial charge < -0.3 is 16.0 Å². The Morgan fingerprint density at radius 3 is 2.35 bits per heavy atom. The Hall–Kier alpha value is -1.53. The van der Waals surface area contributed by atoms with Gasteiger partial charge in [0.15, 0.2) is 5.11 Å². The standard InChI is InChI=1S/C18H18Cl3N3OS/c1-11-6-5-8-13(10-11)22-17(26)24-16(18(19,20)21)23-15(25)14-9-4-3-7-12(14)2/h3-10,16H,1-2H3,(H,23,25)(H2,22,24,26)/t16-/m1/s1. The van der Waals surface area contributed by atoms with E-state index in [2.05, 4.69) is 16.0 Å². The number of amides is 1. The third-order valence-electron chi connectivity index (χ3n) is 3.54. The lowest BCUT2D eigenvalue weighted by Gasteiger charge is -2.28. The van der Waals surface area contributed by atoms with Crippen LogP contribution in [-0.2, 0) is 0 Å². The van der Waals surface area contributed by atoms with Gasteiger partial charge >= 0.3 is 0 Å². The maximum absolute atomic E-state index is 12.5. The van der Waals surface area contributed by atoms with Gasteiger partial charge in [0.1, 0.15) is 6.17 Å². The second-order valence-corrected chi connectivity index (χ2v) is 8.51. The molecule has 0 aliphatic carbocycles. The van der Waals surface area contributed by atoms with Crippen LogP contribution >= 0.6 is 47.0 Å². The number of carbonyl (C=O) groups is 1. The van der Waals surface area contributed by atoms with Gasteiger partial charge in [-0.1, -0.05) is 65.1 Å². The SMILES string of the molecule is Cc1cccc(NC(=S)N[C@@H](NC(=O)c2ccccc2C)C(Cl)(Cl)Cl)c1. The summed E-state index contributed by atoms with van der Waals surface area (Å²) < 4.78 is -1.81. The van der Waals surface area contributed by atoms with E-state index in [1.165, 1.54) is 0 Å². The number of nitrogens with one attached hydrogen (secondary N) is 3. The van der Waals surface area contributed by atoms with Gasteiger partial charge in [0.25, 0.3) is 5.91 Å². The molecule has 0 unspecified atom stereocenters. The van der Waals surface area contributed by atoms with Gasteiger partial charge in [-0.2, -0.15) is 0 Å². The minimum atomic E-state index is -1.81. The van der Waals surface area contributed by atoms with E-state index in [0.717, 1.165) is 16.8 Å². The van der Waals surface area contributed by atoms with Crippen molar-refractivity contribution in [3.8, 4) is 0 Å². The van der Waals surface area contributed by atoms with E-state index in [4.69, 9.17) is 47.0 Å². The zero-order valence-electron chi connectivity index (χ0n) is 14.1. The average Bonchev–Trinajstić information content (AvgIpc) is 2.53. The lowest BCUT2D eigenvalue weighted by molar-refractivity contribution is 0.0934. The van der Waals surface area contributed by atoms with Gasteiger partial charge in [0.05, 0.1) is 0 Å². The first-order valence-corrected chi connectivity index (χ1v) is 9.28. The number of thiocarbonyl (C=S) groups is 1. The van der Waals surface area contributed by atoms with E-state index >= 15 is 0 Å². The first kappa shape index (κ1) is 20.8. The summed E-state index contributed by atoms with van der Waals surface area (Å²) in [5, 5.41) is 8.73. The molecule has 0 saturated heterocycles. The van der Waals surface area contributed by atoms with E-state index in [-0.39, 0.29) is 11.0 Å². The van der Waals surface area contributed by atoms with E-state index in [1.807, 2.05) is 50.2 Å². The molecule has 2 aromatic rings. The second-order valence-electron chi connectivity index (χ2n) is 5.73. The van der Waals surface area contributed by atoms with Crippen LogP contribution in [0.5, 0.6) is 0 Å². The van der Waals surface area contributed by atoms with Crippen LogP contribution in [0.15, 0.2) is 48.5 Å². The molecule has 0 aliphatic rings. The van der Waals surface area contributed by atoms with Crippen LogP contribution in [0.2, 0.25) is 0 Å². The fourth-order valence-corrected chi connectivity index (χ4v) is 2.82. The first-order valence-electron chi connectivity index (χ1n) is 7.74. The van der Waals surface area contributed by atoms with Gasteiger partial charge in [0, 0.05) is 11.3 Å². The smallest absolute Gasteiger partial charge is 0.253 e. The molecular weight excluding hydrogens is 413 g/mol. The number of benzene rings is 2. The molecule has 0 bridgehead atoms. The van der Waals surface area contributed by atoms with Gasteiger partial charge in [0.2, 0.25) is 3.79 Å². The highest BCUT2D eigenvalue weighted by Gasteiger charge is 2.35. The summed E-state index contributed by atoms with van der Waals surface area (Å²) >= 11 is 23.3. The molecule has 1 atom stereocenters. The van der Waals surface area contributed by atoms with Crippen molar-refractivity contribution in [2.45, 2.75) is 23.8 Å². The topological polar surface area (TPSA) is 53.2 Å². The molecule has 0 heterocycles. The van der Waals surface area contributed by atoms with Crippen LogP contribution < -0.4 is 16.0 Å². The van der Waals surface area contributed by atoms with Crippen LogP contribution in [0.4, 0.5) is 5.69 Å². The van der Waals surface area contributed by atoms with Crippen LogP contribution in [0.3, 0.4) is 0 Å². The quantitative estimate of drug-likeness (QED) is 0.373. The minimum Gasteiger partial charge on any atom is -0.339 e. The summed E-state index contributed by atoms with van der Waals surface area (Å²) in [5.74, 6) is -0.370. The Morgan fingerprint density at radius 1 is 1.04 bits per heavy atom. The first-order chi connectivity index (χ1) is 12.2. The summed E-state index contributed by atoms with van der Waals surface area (Å²) in [6.45, 7) is 3.80. The summed E-state index contributed by atoms with van der Waals surface area (Å²) in [5.41, 5.74) is 3.17. The molecule has 0 aromatic heterocycles. The monoisotopic (exact) mass is 429 g/mol. The highest BCUT2D eigenvalue weighted by atomic mass is 35.6. The molecular formula is C18H18Cl3N3OS. The second kappa shape index (κ2) is 8.91. The van der Waals surface area contributed by atoms with Crippen molar-refractivity contribution >= 4 is 63.7 Å². The predicted octanol–water partition coefficient (Wildman–Crippen LogP) is 4.72. The molecule has 8 heteroatoms. The number of anilines is 1. The number of hydrogen-bond donors (Lipinski definition) is 3. The van der Waals surface area contributed by atoms with E-state index in [0.29, 0.717) is 5.56 Å². The van der Waals surface area contributed by atoms with Gasteiger partial charge in [-0.3, -0.25) is 4.79 Å². The van der Waals surface area contributed by atoms with Crippen molar-refractivity contribution in [1.82, 2.24) is 10.6 Å². The highest BCUT2D eigenvalue weighted by Crippen LogP contribution is 2.29. The molecule has 0 spiro atoms. The zero-order valence-corrected chi connectivity index (χ0v) is 17.2. The van der Waals surface area contributed by atoms with Gasteiger partial charge in [-0.05, 0) is 55.4 Å². The number of aryl methyl sites for hydroxylation is 2. The summed E-state index contributed by atoms with van der Waals surface area (Å²) in [7, 11) is 0. The van der Waals surface area contributed by atoms with Crippen molar-refractivity contribution in [1.29, 1.82) is 0 Å². The molecule has 1 amide bonds. The molecule has 2 aromatic carbocycles. The molecule has 0 aliphatic heterocycles. The molecule has 2 rings (SSSR count). The zero-order chi connectivity index (χ0) is 19.3. The lowest BCUT2D eigenvalue weighted by Crippen LogP contribution is -2.56. The average molecular weight is 431 g/mol. The highest BCUT2D eigenvalue weighted by molar-refractivity contribution is 7.80. The van der Waals surface area contributed by atoms with Crippen molar-refractivity contribution in [2.75, 3.05) is 5.32 Å².